The van der Waals surface area contributed by atoms with Crippen LogP contribution in [0.1, 0.15) is 40.5 Å². The van der Waals surface area contributed by atoms with Gasteiger partial charge in [0.25, 0.3) is 0 Å². The molecule has 0 unspecified atom stereocenters. The molecule has 11 heteroatoms. The average molecular weight is 422 g/mol. The number of hydrogen-bond acceptors (Lipinski definition) is 6. The lowest BCUT2D eigenvalue weighted by atomic mass is 9.96. The van der Waals surface area contributed by atoms with E-state index < -0.39 is 61.0 Å². The van der Waals surface area contributed by atoms with Crippen molar-refractivity contribution in [1.29, 1.82) is 0 Å². The van der Waals surface area contributed by atoms with Gasteiger partial charge in [-0.15, -0.1) is 0 Å². The normalized spacial score (nSPS) is 22.7. The van der Waals surface area contributed by atoms with Crippen LogP contribution in [0.25, 0.3) is 0 Å². The molecule has 29 heavy (non-hydrogen) atoms. The van der Waals surface area contributed by atoms with Gasteiger partial charge >= 0.3 is 18.4 Å². The Kier molecular flexibility index (Phi) is 6.79. The van der Waals surface area contributed by atoms with Gasteiger partial charge in [-0.3, -0.25) is 9.59 Å². The van der Waals surface area contributed by atoms with Gasteiger partial charge in [0, 0.05) is 12.8 Å². The quantitative estimate of drug-likeness (QED) is 0.653. The maximum absolute atomic E-state index is 13.5. The van der Waals surface area contributed by atoms with Crippen molar-refractivity contribution >= 4 is 24.0 Å². The summed E-state index contributed by atoms with van der Waals surface area (Å²) in [7, 11) is 0. The highest BCUT2D eigenvalue weighted by Crippen LogP contribution is 2.35. The second-order valence-corrected chi connectivity index (χ2v) is 7.95. The van der Waals surface area contributed by atoms with E-state index in [0.29, 0.717) is 9.80 Å². The van der Waals surface area contributed by atoms with Crippen LogP contribution in [0.5, 0.6) is 0 Å². The number of hydrogen-bond donors (Lipinski definition) is 0. The van der Waals surface area contributed by atoms with Gasteiger partial charge in [-0.25, -0.2) is 19.4 Å². The van der Waals surface area contributed by atoms with Gasteiger partial charge in [-0.2, -0.15) is 13.2 Å². The SMILES string of the molecule is CC(C)[C@H]1COC(=O)N1C(=O)CC(CC(=O)N1C(=O)OC[C@@H]1C(C)C)C(F)(F)F. The Bertz CT molecular complexity index is 629. The summed E-state index contributed by atoms with van der Waals surface area (Å²) in [5.41, 5.74) is 0. The van der Waals surface area contributed by atoms with E-state index in [4.69, 9.17) is 9.47 Å². The maximum Gasteiger partial charge on any atom is 0.416 e. The van der Waals surface area contributed by atoms with Crippen LogP contribution in [-0.2, 0) is 19.1 Å². The molecular formula is C18H25F3N2O6. The van der Waals surface area contributed by atoms with E-state index in [0.717, 1.165) is 0 Å². The van der Waals surface area contributed by atoms with Crippen molar-refractivity contribution in [3.63, 3.8) is 0 Å². The smallest absolute Gasteiger partial charge is 0.416 e. The fourth-order valence-corrected chi connectivity index (χ4v) is 3.35. The van der Waals surface area contributed by atoms with Crippen molar-refractivity contribution in [2.45, 2.75) is 58.8 Å². The highest BCUT2D eigenvalue weighted by Gasteiger charge is 2.48. The number of carbonyl (C=O) groups is 4. The third-order valence-electron chi connectivity index (χ3n) is 5.19. The standard InChI is InChI=1S/C18H25F3N2O6/c1-9(2)12-7-28-16(26)22(12)14(24)5-11(18(19,20)21)6-15(25)23-13(10(3)4)8-29-17(23)27/h9-13H,5-8H2,1-4H3/t12-,13-/m1/s1. The zero-order valence-corrected chi connectivity index (χ0v) is 16.7. The first-order valence-corrected chi connectivity index (χ1v) is 9.38. The third kappa shape index (κ3) is 4.99. The largest absolute Gasteiger partial charge is 0.447 e. The van der Waals surface area contributed by atoms with Gasteiger partial charge in [0.15, 0.2) is 0 Å². The Morgan fingerprint density at radius 3 is 1.52 bits per heavy atom. The molecule has 2 aliphatic rings. The Balaban J connectivity index is 2.16. The zero-order valence-electron chi connectivity index (χ0n) is 16.7. The van der Waals surface area contributed by atoms with Crippen LogP contribution in [0.3, 0.4) is 0 Å². The van der Waals surface area contributed by atoms with Crippen molar-refractivity contribution < 1.29 is 41.8 Å². The van der Waals surface area contributed by atoms with Crippen molar-refractivity contribution in [3.8, 4) is 0 Å². The molecule has 8 nitrogen and oxygen atoms in total. The van der Waals surface area contributed by atoms with E-state index in [-0.39, 0.29) is 25.0 Å². The minimum absolute atomic E-state index is 0.0897. The molecule has 0 aliphatic carbocycles. The van der Waals surface area contributed by atoms with Gasteiger partial charge in [0.05, 0.1) is 18.0 Å². The Labute approximate surface area is 166 Å². The molecule has 2 fully saturated rings. The van der Waals surface area contributed by atoms with Gasteiger partial charge in [0.1, 0.15) is 13.2 Å². The molecular weight excluding hydrogens is 397 g/mol. The first-order valence-electron chi connectivity index (χ1n) is 9.38. The lowest BCUT2D eigenvalue weighted by molar-refractivity contribution is -0.185. The fourth-order valence-electron chi connectivity index (χ4n) is 3.35. The number of nitrogens with zero attached hydrogens (tertiary/aromatic N) is 2. The van der Waals surface area contributed by atoms with Crippen molar-refractivity contribution in [3.05, 3.63) is 0 Å². The third-order valence-corrected chi connectivity index (χ3v) is 5.19. The molecule has 2 heterocycles. The highest BCUT2D eigenvalue weighted by atomic mass is 19.4. The first-order chi connectivity index (χ1) is 13.3. The summed E-state index contributed by atoms with van der Waals surface area (Å²) in [4.78, 5) is 50.0. The highest BCUT2D eigenvalue weighted by molar-refractivity contribution is 5.95. The maximum atomic E-state index is 13.5. The first kappa shape index (κ1) is 23.0. The molecule has 0 saturated carbocycles. The fraction of sp³-hybridized carbons (Fsp3) is 0.778. The lowest BCUT2D eigenvalue weighted by Gasteiger charge is -2.27. The average Bonchev–Trinajstić information content (AvgIpc) is 3.16. The molecule has 4 amide bonds. The second-order valence-electron chi connectivity index (χ2n) is 7.95. The molecule has 0 bridgehead atoms. The summed E-state index contributed by atoms with van der Waals surface area (Å²) in [5, 5.41) is 0. The van der Waals surface area contributed by atoms with Crippen molar-refractivity contribution in [2.75, 3.05) is 13.2 Å². The number of alkyl halides is 3. The number of ether oxygens (including phenoxy) is 2. The van der Waals surface area contributed by atoms with E-state index in [9.17, 15) is 32.3 Å². The summed E-state index contributed by atoms with van der Waals surface area (Å²) >= 11 is 0. The van der Waals surface area contributed by atoms with Gasteiger partial charge in [0.2, 0.25) is 11.8 Å². The van der Waals surface area contributed by atoms with Gasteiger partial charge < -0.3 is 9.47 Å². The summed E-state index contributed by atoms with van der Waals surface area (Å²) in [6, 6.07) is -1.34. The molecule has 0 aromatic heterocycles. The number of amides is 4. The molecule has 0 radical (unpaired) electrons. The molecule has 2 rings (SSSR count). The summed E-state index contributed by atoms with van der Waals surface area (Å²) in [6.45, 7) is 6.66. The predicted octanol–water partition coefficient (Wildman–Crippen LogP) is 2.95. The van der Waals surface area contributed by atoms with Crippen LogP contribution in [0.15, 0.2) is 0 Å². The van der Waals surface area contributed by atoms with Crippen molar-refractivity contribution in [2.24, 2.45) is 17.8 Å². The number of halogens is 3. The number of carbonyl (C=O) groups excluding carboxylic acids is 4. The molecule has 0 aromatic rings. The minimum atomic E-state index is -4.88. The molecule has 2 saturated heterocycles. The second kappa shape index (κ2) is 8.58. The van der Waals surface area contributed by atoms with Crippen LogP contribution < -0.4 is 0 Å². The van der Waals surface area contributed by atoms with Crippen LogP contribution in [0.4, 0.5) is 22.8 Å². The zero-order chi connectivity index (χ0) is 22.1. The number of imide groups is 2. The van der Waals surface area contributed by atoms with E-state index in [1.807, 2.05) is 0 Å². The molecule has 0 aromatic carbocycles. The van der Waals surface area contributed by atoms with Crippen LogP contribution in [0.2, 0.25) is 0 Å². The Morgan fingerprint density at radius 1 is 0.897 bits per heavy atom. The predicted molar refractivity (Wildman–Crippen MR) is 92.4 cm³/mol. The summed E-state index contributed by atoms with van der Waals surface area (Å²) in [6.07, 6.45) is -9.06. The molecule has 0 N–H and O–H groups in total. The Hall–Kier alpha value is -2.33. The van der Waals surface area contributed by atoms with Crippen LogP contribution in [-0.4, -0.2) is 65.3 Å². The lowest BCUT2D eigenvalue weighted by Crippen LogP contribution is -2.46. The van der Waals surface area contributed by atoms with Crippen LogP contribution >= 0.6 is 0 Å². The number of rotatable bonds is 6. The van der Waals surface area contributed by atoms with E-state index in [1.165, 1.54) is 0 Å². The molecule has 164 valence electrons. The monoisotopic (exact) mass is 422 g/mol. The molecule has 0 spiro atoms. The molecule has 2 atom stereocenters. The Morgan fingerprint density at radius 2 is 1.24 bits per heavy atom. The van der Waals surface area contributed by atoms with E-state index >= 15 is 0 Å². The summed E-state index contributed by atoms with van der Waals surface area (Å²) < 4.78 is 50.2. The number of cyclic esters (lactones) is 2. The van der Waals surface area contributed by atoms with Gasteiger partial charge in [-0.05, 0) is 11.8 Å². The van der Waals surface area contributed by atoms with E-state index in [2.05, 4.69) is 0 Å². The minimum Gasteiger partial charge on any atom is -0.447 e. The van der Waals surface area contributed by atoms with Crippen molar-refractivity contribution in [1.82, 2.24) is 9.80 Å². The van der Waals surface area contributed by atoms with Gasteiger partial charge in [-0.1, -0.05) is 27.7 Å². The topological polar surface area (TPSA) is 93.2 Å². The summed E-state index contributed by atoms with van der Waals surface area (Å²) in [5.74, 6) is -4.88. The molecule has 2 aliphatic heterocycles. The van der Waals surface area contributed by atoms with E-state index in [1.54, 1.807) is 27.7 Å². The van der Waals surface area contributed by atoms with Crippen LogP contribution in [0, 0.1) is 17.8 Å².